The Bertz CT molecular complexity index is 839. The molecule has 0 aliphatic heterocycles. The van der Waals surface area contributed by atoms with Crippen LogP contribution in [-0.4, -0.2) is 15.0 Å². The van der Waals surface area contributed by atoms with Crippen molar-refractivity contribution in [1.82, 2.24) is 4.72 Å². The Balaban J connectivity index is 1.76. The van der Waals surface area contributed by atoms with Gasteiger partial charge in [0.25, 0.3) is 0 Å². The second kappa shape index (κ2) is 5.71. The van der Waals surface area contributed by atoms with Crippen molar-refractivity contribution in [3.05, 3.63) is 66.6 Å². The molecule has 0 spiro atoms. The van der Waals surface area contributed by atoms with Gasteiger partial charge in [-0.3, -0.25) is 0 Å². The molecule has 0 amide bonds. The third kappa shape index (κ3) is 3.15. The highest BCUT2D eigenvalue weighted by Crippen LogP contribution is 2.18. The molecule has 0 saturated heterocycles. The SMILES string of the molecule is O=S(=O)(NCCc1ccoc1)c1ccc2ccccc2c1. The van der Waals surface area contributed by atoms with Crippen molar-refractivity contribution in [3.63, 3.8) is 0 Å². The predicted molar refractivity (Wildman–Crippen MR) is 81.5 cm³/mol. The Hall–Kier alpha value is -2.11. The Kier molecular flexibility index (Phi) is 3.77. The molecule has 0 aliphatic carbocycles. The van der Waals surface area contributed by atoms with Crippen molar-refractivity contribution in [2.24, 2.45) is 0 Å². The summed E-state index contributed by atoms with van der Waals surface area (Å²) in [5.74, 6) is 0. The van der Waals surface area contributed by atoms with Gasteiger partial charge >= 0.3 is 0 Å². The minimum absolute atomic E-state index is 0.286. The van der Waals surface area contributed by atoms with Gasteiger partial charge in [0.05, 0.1) is 17.4 Å². The van der Waals surface area contributed by atoms with Crippen LogP contribution in [-0.2, 0) is 16.4 Å². The quantitative estimate of drug-likeness (QED) is 0.788. The highest BCUT2D eigenvalue weighted by Gasteiger charge is 2.13. The van der Waals surface area contributed by atoms with Gasteiger partial charge in [0.1, 0.15) is 0 Å². The monoisotopic (exact) mass is 301 g/mol. The van der Waals surface area contributed by atoms with E-state index in [9.17, 15) is 8.42 Å². The van der Waals surface area contributed by atoms with Crippen LogP contribution in [0.4, 0.5) is 0 Å². The Morgan fingerprint density at radius 2 is 1.81 bits per heavy atom. The van der Waals surface area contributed by atoms with Crippen LogP contribution in [0.15, 0.2) is 70.4 Å². The highest BCUT2D eigenvalue weighted by atomic mass is 32.2. The zero-order valence-electron chi connectivity index (χ0n) is 11.3. The van der Waals surface area contributed by atoms with E-state index in [2.05, 4.69) is 4.72 Å². The lowest BCUT2D eigenvalue weighted by Crippen LogP contribution is -2.25. The summed E-state index contributed by atoms with van der Waals surface area (Å²) >= 11 is 0. The fourth-order valence-corrected chi connectivity index (χ4v) is 3.25. The number of hydrogen-bond acceptors (Lipinski definition) is 3. The second-order valence-electron chi connectivity index (χ2n) is 4.79. The van der Waals surface area contributed by atoms with E-state index in [0.717, 1.165) is 16.3 Å². The van der Waals surface area contributed by atoms with Gasteiger partial charge in [-0.05, 0) is 41.0 Å². The Morgan fingerprint density at radius 1 is 1.00 bits per heavy atom. The molecule has 1 aromatic heterocycles. The number of hydrogen-bond donors (Lipinski definition) is 1. The van der Waals surface area contributed by atoms with E-state index in [1.807, 2.05) is 36.4 Å². The Morgan fingerprint density at radius 3 is 2.57 bits per heavy atom. The van der Waals surface area contributed by atoms with Gasteiger partial charge in [-0.15, -0.1) is 0 Å². The summed E-state index contributed by atoms with van der Waals surface area (Å²) in [5.41, 5.74) is 0.969. The zero-order chi connectivity index (χ0) is 14.7. The first-order chi connectivity index (χ1) is 10.1. The summed E-state index contributed by atoms with van der Waals surface area (Å²) in [6.45, 7) is 0.342. The first-order valence-corrected chi connectivity index (χ1v) is 8.13. The first-order valence-electron chi connectivity index (χ1n) is 6.65. The number of fused-ring (bicyclic) bond motifs is 1. The molecule has 0 bridgehead atoms. The molecule has 3 aromatic rings. The maximum absolute atomic E-state index is 12.3. The molecule has 5 heteroatoms. The third-order valence-electron chi connectivity index (χ3n) is 3.32. The lowest BCUT2D eigenvalue weighted by molar-refractivity contribution is 0.562. The summed E-state index contributed by atoms with van der Waals surface area (Å²) in [7, 11) is -3.49. The van der Waals surface area contributed by atoms with Gasteiger partial charge in [0.2, 0.25) is 10.0 Å². The topological polar surface area (TPSA) is 59.3 Å². The van der Waals surface area contributed by atoms with Crippen LogP contribution in [0.5, 0.6) is 0 Å². The highest BCUT2D eigenvalue weighted by molar-refractivity contribution is 7.89. The summed E-state index contributed by atoms with van der Waals surface area (Å²) < 4.78 is 32.1. The van der Waals surface area contributed by atoms with Gasteiger partial charge in [-0.1, -0.05) is 30.3 Å². The molecule has 0 aliphatic rings. The van der Waals surface area contributed by atoms with E-state index in [1.165, 1.54) is 0 Å². The van der Waals surface area contributed by atoms with Gasteiger partial charge in [-0.25, -0.2) is 13.1 Å². The molecule has 3 rings (SSSR count). The van der Waals surface area contributed by atoms with Gasteiger partial charge in [0, 0.05) is 6.54 Å². The van der Waals surface area contributed by atoms with Gasteiger partial charge in [0.15, 0.2) is 0 Å². The van der Waals surface area contributed by atoms with E-state index < -0.39 is 10.0 Å². The predicted octanol–water partition coefficient (Wildman–Crippen LogP) is 2.95. The largest absolute Gasteiger partial charge is 0.472 e. The summed E-state index contributed by atoms with van der Waals surface area (Å²) in [6.07, 6.45) is 3.79. The maximum Gasteiger partial charge on any atom is 0.240 e. The molecule has 21 heavy (non-hydrogen) atoms. The van der Waals surface area contributed by atoms with Crippen molar-refractivity contribution in [1.29, 1.82) is 0 Å². The van der Waals surface area contributed by atoms with E-state index in [-0.39, 0.29) is 4.90 Å². The van der Waals surface area contributed by atoms with Crippen LogP contribution in [0.2, 0.25) is 0 Å². The van der Waals surface area contributed by atoms with Crippen molar-refractivity contribution >= 4 is 20.8 Å². The zero-order valence-corrected chi connectivity index (χ0v) is 12.1. The normalized spacial score (nSPS) is 11.8. The maximum atomic E-state index is 12.3. The lowest BCUT2D eigenvalue weighted by atomic mass is 10.1. The molecule has 0 saturated carbocycles. The lowest BCUT2D eigenvalue weighted by Gasteiger charge is -2.07. The molecule has 1 N–H and O–H groups in total. The average molecular weight is 301 g/mol. The summed E-state index contributed by atoms with van der Waals surface area (Å²) in [5, 5.41) is 1.94. The summed E-state index contributed by atoms with van der Waals surface area (Å²) in [4.78, 5) is 0.286. The number of nitrogens with one attached hydrogen (secondary N) is 1. The molecular formula is C16H15NO3S. The second-order valence-corrected chi connectivity index (χ2v) is 6.56. The molecule has 0 unspecified atom stereocenters. The third-order valence-corrected chi connectivity index (χ3v) is 4.78. The number of furan rings is 1. The molecule has 108 valence electrons. The van der Waals surface area contributed by atoms with Crippen LogP contribution in [0.25, 0.3) is 10.8 Å². The van der Waals surface area contributed by atoms with E-state index in [1.54, 1.807) is 24.7 Å². The molecule has 0 fully saturated rings. The van der Waals surface area contributed by atoms with Crippen LogP contribution in [0, 0.1) is 0 Å². The molecule has 2 aromatic carbocycles. The van der Waals surface area contributed by atoms with Crippen LogP contribution >= 0.6 is 0 Å². The molecule has 4 nitrogen and oxygen atoms in total. The first kappa shape index (κ1) is 13.9. The molecule has 0 atom stereocenters. The standard InChI is InChI=1S/C16H15NO3S/c18-21(19,17-9-7-13-8-10-20-12-13)16-6-5-14-3-1-2-4-15(14)11-16/h1-6,8,10-12,17H,7,9H2. The minimum atomic E-state index is -3.49. The van der Waals surface area contributed by atoms with Crippen molar-refractivity contribution in [2.45, 2.75) is 11.3 Å². The van der Waals surface area contributed by atoms with Crippen LogP contribution in [0.3, 0.4) is 0 Å². The fourth-order valence-electron chi connectivity index (χ4n) is 2.18. The van der Waals surface area contributed by atoms with Crippen molar-refractivity contribution < 1.29 is 12.8 Å². The molecule has 0 radical (unpaired) electrons. The van der Waals surface area contributed by atoms with E-state index >= 15 is 0 Å². The minimum Gasteiger partial charge on any atom is -0.472 e. The summed E-state index contributed by atoms with van der Waals surface area (Å²) in [6, 6.07) is 14.6. The molecule has 1 heterocycles. The molecular weight excluding hydrogens is 286 g/mol. The number of benzene rings is 2. The van der Waals surface area contributed by atoms with Crippen molar-refractivity contribution in [2.75, 3.05) is 6.54 Å². The van der Waals surface area contributed by atoms with Crippen LogP contribution < -0.4 is 4.72 Å². The smallest absolute Gasteiger partial charge is 0.240 e. The van der Waals surface area contributed by atoms with E-state index in [4.69, 9.17) is 4.42 Å². The van der Waals surface area contributed by atoms with Crippen molar-refractivity contribution in [3.8, 4) is 0 Å². The van der Waals surface area contributed by atoms with Gasteiger partial charge in [-0.2, -0.15) is 0 Å². The van der Waals surface area contributed by atoms with Crippen LogP contribution in [0.1, 0.15) is 5.56 Å². The Labute approximate surface area is 123 Å². The fraction of sp³-hybridized carbons (Fsp3) is 0.125. The van der Waals surface area contributed by atoms with Gasteiger partial charge < -0.3 is 4.42 Å². The average Bonchev–Trinajstić information content (AvgIpc) is 3.00. The number of sulfonamides is 1. The van der Waals surface area contributed by atoms with E-state index in [0.29, 0.717) is 13.0 Å². The number of rotatable bonds is 5.